The van der Waals surface area contributed by atoms with Crippen molar-refractivity contribution in [3.63, 3.8) is 0 Å². The number of ketones is 2. The van der Waals surface area contributed by atoms with Gasteiger partial charge in [0.05, 0.1) is 11.0 Å². The van der Waals surface area contributed by atoms with Crippen molar-refractivity contribution in [2.24, 2.45) is 0 Å². The quantitative estimate of drug-likeness (QED) is 0.281. The Labute approximate surface area is 218 Å². The molecule has 0 amide bonds. The zero-order valence-electron chi connectivity index (χ0n) is 20.9. The summed E-state index contributed by atoms with van der Waals surface area (Å²) in [4.78, 5) is 27.0. The zero-order valence-corrected chi connectivity index (χ0v) is 20.9. The summed E-state index contributed by atoms with van der Waals surface area (Å²) in [5, 5.41) is 11.8. The molecule has 182 valence electrons. The topological polar surface area (TPSA) is 69.8 Å². The fourth-order valence-electron chi connectivity index (χ4n) is 6.35. The van der Waals surface area contributed by atoms with Gasteiger partial charge in [-0.2, -0.15) is 10.2 Å². The molecule has 0 bridgehead atoms. The summed E-state index contributed by atoms with van der Waals surface area (Å²) >= 11 is 0. The number of fused-ring (bicyclic) bond motifs is 4. The van der Waals surface area contributed by atoms with Gasteiger partial charge < -0.3 is 0 Å². The smallest absolute Gasteiger partial charge is 0.194 e. The summed E-state index contributed by atoms with van der Waals surface area (Å²) in [5.74, 6) is 0.0524. The number of aromatic nitrogens is 4. The third-order valence-electron chi connectivity index (χ3n) is 8.02. The van der Waals surface area contributed by atoms with Crippen molar-refractivity contribution < 1.29 is 9.59 Å². The molecule has 8 rings (SSSR count). The Morgan fingerprint density at radius 2 is 0.868 bits per heavy atom. The summed E-state index contributed by atoms with van der Waals surface area (Å²) < 4.78 is 4.00. The van der Waals surface area contributed by atoms with E-state index in [9.17, 15) is 9.59 Å². The molecule has 0 unspecified atom stereocenters. The lowest BCUT2D eigenvalue weighted by Crippen LogP contribution is -2.09. The van der Waals surface area contributed by atoms with Crippen LogP contribution in [0.1, 0.15) is 45.7 Å². The van der Waals surface area contributed by atoms with Gasteiger partial charge in [-0.1, -0.05) is 60.7 Å². The summed E-state index contributed by atoms with van der Waals surface area (Å²) in [5.41, 5.74) is 10.0. The summed E-state index contributed by atoms with van der Waals surface area (Å²) in [7, 11) is 0. The van der Waals surface area contributed by atoms with Crippen LogP contribution in [-0.4, -0.2) is 31.1 Å². The van der Waals surface area contributed by atoms with Crippen molar-refractivity contribution in [1.29, 1.82) is 0 Å². The Morgan fingerprint density at radius 3 is 1.26 bits per heavy atom. The maximum absolute atomic E-state index is 13.5. The molecule has 2 aromatic heterocycles. The molecule has 4 aromatic carbocycles. The van der Waals surface area contributed by atoms with Crippen LogP contribution < -0.4 is 0 Å². The lowest BCUT2D eigenvalue weighted by molar-refractivity contribution is 0.103. The highest BCUT2D eigenvalue weighted by Gasteiger charge is 2.33. The van der Waals surface area contributed by atoms with Gasteiger partial charge >= 0.3 is 0 Å². The van der Waals surface area contributed by atoms with Gasteiger partial charge in [0, 0.05) is 68.4 Å². The molecule has 6 aromatic rings. The molecule has 0 radical (unpaired) electrons. The highest BCUT2D eigenvalue weighted by atomic mass is 16.1. The van der Waals surface area contributed by atoms with E-state index in [1.54, 1.807) is 0 Å². The van der Waals surface area contributed by atoms with E-state index in [0.717, 1.165) is 55.4 Å². The predicted molar refractivity (Wildman–Crippen MR) is 148 cm³/mol. The van der Waals surface area contributed by atoms with Gasteiger partial charge in [0.25, 0.3) is 0 Å². The van der Waals surface area contributed by atoms with Crippen molar-refractivity contribution in [2.75, 3.05) is 0 Å². The van der Waals surface area contributed by atoms with Crippen LogP contribution in [-0.2, 0) is 13.1 Å². The molecule has 0 saturated carbocycles. The van der Waals surface area contributed by atoms with Gasteiger partial charge in [-0.05, 0) is 26.0 Å². The molecule has 6 nitrogen and oxygen atoms in total. The summed E-state index contributed by atoms with van der Waals surface area (Å²) in [6.45, 7) is 5.46. The fraction of sp³-hybridized carbons (Fsp3) is 0.125. The van der Waals surface area contributed by atoms with E-state index < -0.39 is 0 Å². The van der Waals surface area contributed by atoms with Gasteiger partial charge in [0.2, 0.25) is 0 Å². The van der Waals surface area contributed by atoms with E-state index in [0.29, 0.717) is 35.3 Å². The van der Waals surface area contributed by atoms with Gasteiger partial charge in [-0.25, -0.2) is 0 Å². The average Bonchev–Trinajstić information content (AvgIpc) is 3.55. The number of aryl methyl sites for hydroxylation is 2. The third kappa shape index (κ3) is 2.47. The zero-order chi connectivity index (χ0) is 25.7. The molecule has 38 heavy (non-hydrogen) atoms. The molecular weight excluding hydrogens is 472 g/mol. The Balaban J connectivity index is 1.50. The van der Waals surface area contributed by atoms with E-state index in [1.165, 1.54) is 0 Å². The highest BCUT2D eigenvalue weighted by molar-refractivity contribution is 6.29. The van der Waals surface area contributed by atoms with Gasteiger partial charge in [0.1, 0.15) is 11.4 Å². The van der Waals surface area contributed by atoms with Crippen LogP contribution >= 0.6 is 0 Å². The lowest BCUT2D eigenvalue weighted by Gasteiger charge is -2.18. The SMILES string of the molecule is CCn1nc2c3c(ccc(-c4ccc5c6c(nn(CC)c46)-c4ccccc4C5=O)c31)C(=O)c1ccccc1-2. The van der Waals surface area contributed by atoms with E-state index in [2.05, 4.69) is 13.8 Å². The Bertz CT molecular complexity index is 1900. The molecule has 0 saturated heterocycles. The third-order valence-corrected chi connectivity index (χ3v) is 8.02. The minimum Gasteiger partial charge on any atom is -0.289 e. The number of nitrogens with zero attached hydrogens (tertiary/aromatic N) is 4. The monoisotopic (exact) mass is 494 g/mol. The highest BCUT2D eigenvalue weighted by Crippen LogP contribution is 2.46. The van der Waals surface area contributed by atoms with Crippen LogP contribution in [0.3, 0.4) is 0 Å². The van der Waals surface area contributed by atoms with Crippen LogP contribution in [0.4, 0.5) is 0 Å². The maximum atomic E-state index is 13.5. The molecule has 0 N–H and O–H groups in total. The molecule has 0 spiro atoms. The average molecular weight is 495 g/mol. The van der Waals surface area contributed by atoms with E-state index >= 15 is 0 Å². The van der Waals surface area contributed by atoms with Crippen molar-refractivity contribution in [2.45, 2.75) is 26.9 Å². The first-order valence-corrected chi connectivity index (χ1v) is 13.0. The summed E-state index contributed by atoms with van der Waals surface area (Å²) in [6.07, 6.45) is 0. The van der Waals surface area contributed by atoms with E-state index in [4.69, 9.17) is 10.2 Å². The molecule has 2 heterocycles. The predicted octanol–water partition coefficient (Wildman–Crippen LogP) is 6.52. The molecule has 6 heteroatoms. The minimum absolute atomic E-state index is 0.0262. The maximum Gasteiger partial charge on any atom is 0.194 e. The number of hydrogen-bond acceptors (Lipinski definition) is 4. The van der Waals surface area contributed by atoms with Crippen LogP contribution in [0.25, 0.3) is 55.4 Å². The van der Waals surface area contributed by atoms with Crippen molar-refractivity contribution in [3.8, 4) is 33.6 Å². The fourth-order valence-corrected chi connectivity index (χ4v) is 6.35. The number of carbonyl (C=O) groups is 2. The standard InChI is InChI=1S/C32H22N4O2/c1-3-35-29-19(13-15-23-25(29)27(33-35)17-9-5-7-11-21(17)31(23)37)20-14-16-24-26-28(34-36(4-2)30(20)26)18-10-6-8-12-22(18)32(24)38/h5-16H,3-4H2,1-2H3. The Hall–Kier alpha value is -4.84. The second-order valence-electron chi connectivity index (χ2n) is 9.85. The molecule has 2 aliphatic carbocycles. The molecule has 0 fully saturated rings. The molecule has 0 aliphatic heterocycles. The van der Waals surface area contributed by atoms with Gasteiger partial charge in [-0.15, -0.1) is 0 Å². The number of carbonyl (C=O) groups excluding carboxylic acids is 2. The second kappa shape index (κ2) is 7.35. The number of hydrogen-bond donors (Lipinski definition) is 0. The summed E-state index contributed by atoms with van der Waals surface area (Å²) in [6, 6.07) is 23.3. The molecular formula is C32H22N4O2. The van der Waals surface area contributed by atoms with E-state index in [-0.39, 0.29) is 11.6 Å². The van der Waals surface area contributed by atoms with Gasteiger partial charge in [0.15, 0.2) is 11.6 Å². The Morgan fingerprint density at radius 1 is 0.500 bits per heavy atom. The molecule has 2 aliphatic rings. The van der Waals surface area contributed by atoms with Crippen LogP contribution in [0, 0.1) is 0 Å². The van der Waals surface area contributed by atoms with Crippen LogP contribution in [0.15, 0.2) is 72.8 Å². The first kappa shape index (κ1) is 21.3. The number of benzene rings is 4. The number of rotatable bonds is 3. The lowest BCUT2D eigenvalue weighted by atomic mass is 9.84. The largest absolute Gasteiger partial charge is 0.289 e. The van der Waals surface area contributed by atoms with Gasteiger partial charge in [-0.3, -0.25) is 19.0 Å². The first-order valence-electron chi connectivity index (χ1n) is 13.0. The first-order chi connectivity index (χ1) is 18.6. The Kier molecular flexibility index (Phi) is 4.12. The van der Waals surface area contributed by atoms with Crippen LogP contribution in [0.2, 0.25) is 0 Å². The van der Waals surface area contributed by atoms with Crippen molar-refractivity contribution in [3.05, 3.63) is 95.1 Å². The van der Waals surface area contributed by atoms with E-state index in [1.807, 2.05) is 82.2 Å². The normalized spacial score (nSPS) is 13.3. The van der Waals surface area contributed by atoms with Crippen molar-refractivity contribution in [1.82, 2.24) is 19.6 Å². The second-order valence-corrected chi connectivity index (χ2v) is 9.85. The van der Waals surface area contributed by atoms with Crippen molar-refractivity contribution >= 4 is 33.4 Å². The molecule has 0 atom stereocenters. The minimum atomic E-state index is 0.0262. The van der Waals surface area contributed by atoms with Crippen LogP contribution in [0.5, 0.6) is 0 Å².